The van der Waals surface area contributed by atoms with Crippen LogP contribution in [0.15, 0.2) is 18.2 Å². The summed E-state index contributed by atoms with van der Waals surface area (Å²) in [4.78, 5) is 0. The number of benzene rings is 1. The molecule has 16 heavy (non-hydrogen) atoms. The number of halogens is 1. The fourth-order valence-electron chi connectivity index (χ4n) is 2.41. The maximum Gasteiger partial charge on any atom is 0.0662 e. The second kappa shape index (κ2) is 4.77. The Balaban J connectivity index is 3.17. The van der Waals surface area contributed by atoms with E-state index in [1.54, 1.807) is 0 Å². The molecule has 0 aliphatic carbocycles. The van der Waals surface area contributed by atoms with Crippen molar-refractivity contribution in [3.63, 3.8) is 0 Å². The molecule has 0 spiro atoms. The first-order valence-corrected chi connectivity index (χ1v) is 6.09. The first-order chi connectivity index (χ1) is 7.23. The van der Waals surface area contributed by atoms with E-state index in [9.17, 15) is 5.11 Å². The molecule has 2 heteroatoms. The lowest BCUT2D eigenvalue weighted by molar-refractivity contribution is 0.0332. The molecule has 1 aromatic rings. The minimum atomic E-state index is -0.729. The van der Waals surface area contributed by atoms with Gasteiger partial charge in [0.1, 0.15) is 0 Å². The molecule has 90 valence electrons. The second-order valence-corrected chi connectivity index (χ2v) is 5.79. The zero-order valence-electron chi connectivity index (χ0n) is 10.7. The zero-order valence-corrected chi connectivity index (χ0v) is 11.5. The highest BCUT2D eigenvalue weighted by molar-refractivity contribution is 6.31. The van der Waals surface area contributed by atoms with Gasteiger partial charge in [-0.1, -0.05) is 37.6 Å². The van der Waals surface area contributed by atoms with Crippen LogP contribution in [-0.2, 0) is 0 Å². The van der Waals surface area contributed by atoms with E-state index in [2.05, 4.69) is 19.9 Å². The number of hydrogen-bond donors (Lipinski definition) is 1. The molecule has 1 aromatic carbocycles. The van der Waals surface area contributed by atoms with Gasteiger partial charge in [-0.05, 0) is 43.9 Å². The van der Waals surface area contributed by atoms with Gasteiger partial charge in [0.25, 0.3) is 0 Å². The Morgan fingerprint density at radius 1 is 1.25 bits per heavy atom. The van der Waals surface area contributed by atoms with Crippen molar-refractivity contribution in [2.75, 3.05) is 0 Å². The Morgan fingerprint density at radius 2 is 1.81 bits per heavy atom. The van der Waals surface area contributed by atoms with Crippen molar-refractivity contribution in [1.82, 2.24) is 0 Å². The van der Waals surface area contributed by atoms with Gasteiger partial charge in [0.05, 0.1) is 5.60 Å². The van der Waals surface area contributed by atoms with Crippen LogP contribution < -0.4 is 0 Å². The van der Waals surface area contributed by atoms with Crippen LogP contribution in [0.5, 0.6) is 0 Å². The molecule has 0 fully saturated rings. The molecule has 1 rings (SSSR count). The van der Waals surface area contributed by atoms with E-state index in [0.717, 1.165) is 16.1 Å². The molecule has 0 unspecified atom stereocenters. The first kappa shape index (κ1) is 13.5. The van der Waals surface area contributed by atoms with E-state index in [1.807, 2.05) is 32.9 Å². The van der Waals surface area contributed by atoms with E-state index in [4.69, 9.17) is 11.6 Å². The van der Waals surface area contributed by atoms with Crippen molar-refractivity contribution >= 4 is 11.6 Å². The third kappa shape index (κ3) is 2.99. The quantitative estimate of drug-likeness (QED) is 0.841. The summed E-state index contributed by atoms with van der Waals surface area (Å²) >= 11 is 6.13. The Morgan fingerprint density at radius 3 is 2.19 bits per heavy atom. The van der Waals surface area contributed by atoms with Crippen LogP contribution in [0.25, 0.3) is 0 Å². The van der Waals surface area contributed by atoms with E-state index in [-0.39, 0.29) is 5.92 Å². The van der Waals surface area contributed by atoms with E-state index in [0.29, 0.717) is 5.92 Å². The predicted octanol–water partition coefficient (Wildman–Crippen LogP) is 4.16. The van der Waals surface area contributed by atoms with E-state index >= 15 is 0 Å². The highest BCUT2D eigenvalue weighted by Crippen LogP contribution is 2.36. The normalized spacial score (nSPS) is 14.2. The average Bonchev–Trinajstić information content (AvgIpc) is 2.08. The number of rotatable bonds is 3. The fraction of sp³-hybridized carbons (Fsp3) is 0.571. The van der Waals surface area contributed by atoms with Gasteiger partial charge in [-0.25, -0.2) is 0 Å². The topological polar surface area (TPSA) is 20.2 Å². The standard InChI is InChI=1S/C14H21ClO/c1-9(2)13(14(4,5)16)11-7-6-10(3)12(15)8-11/h6-9,13,16H,1-5H3/t13-/m1/s1. The first-order valence-electron chi connectivity index (χ1n) is 5.72. The van der Waals surface area contributed by atoms with Crippen LogP contribution in [-0.4, -0.2) is 10.7 Å². The summed E-state index contributed by atoms with van der Waals surface area (Å²) in [6.07, 6.45) is 0. The highest BCUT2D eigenvalue weighted by Gasteiger charge is 2.31. The molecule has 0 amide bonds. The molecule has 0 radical (unpaired) electrons. The van der Waals surface area contributed by atoms with Crippen molar-refractivity contribution in [2.45, 2.75) is 46.1 Å². The SMILES string of the molecule is Cc1ccc([C@@H](C(C)C)C(C)(C)O)cc1Cl. The molecule has 1 nitrogen and oxygen atoms in total. The summed E-state index contributed by atoms with van der Waals surface area (Å²) in [6.45, 7) is 9.93. The van der Waals surface area contributed by atoms with Crippen LogP contribution in [0.2, 0.25) is 5.02 Å². The average molecular weight is 241 g/mol. The molecule has 1 N–H and O–H groups in total. The second-order valence-electron chi connectivity index (χ2n) is 5.38. The monoisotopic (exact) mass is 240 g/mol. The third-order valence-electron chi connectivity index (χ3n) is 2.98. The summed E-state index contributed by atoms with van der Waals surface area (Å²) in [5.41, 5.74) is 1.45. The van der Waals surface area contributed by atoms with Crippen LogP contribution in [0.3, 0.4) is 0 Å². The summed E-state index contributed by atoms with van der Waals surface area (Å²) in [5.74, 6) is 0.476. The molecular weight excluding hydrogens is 220 g/mol. The molecule has 0 saturated carbocycles. The molecular formula is C14H21ClO. The Bertz CT molecular complexity index is 363. The molecule has 0 bridgehead atoms. The Hall–Kier alpha value is -0.530. The molecule has 0 heterocycles. The fourth-order valence-corrected chi connectivity index (χ4v) is 2.60. The zero-order chi connectivity index (χ0) is 12.5. The lowest BCUT2D eigenvalue weighted by atomic mass is 9.77. The van der Waals surface area contributed by atoms with Crippen LogP contribution in [0.4, 0.5) is 0 Å². The van der Waals surface area contributed by atoms with Gasteiger partial charge in [0.15, 0.2) is 0 Å². The molecule has 0 aliphatic heterocycles. The largest absolute Gasteiger partial charge is 0.390 e. The van der Waals surface area contributed by atoms with Gasteiger partial charge in [0, 0.05) is 10.9 Å². The van der Waals surface area contributed by atoms with Gasteiger partial charge in [-0.15, -0.1) is 0 Å². The highest BCUT2D eigenvalue weighted by atomic mass is 35.5. The molecule has 0 aromatic heterocycles. The summed E-state index contributed by atoms with van der Waals surface area (Å²) in [6, 6.07) is 6.04. The number of aliphatic hydroxyl groups is 1. The van der Waals surface area contributed by atoms with Crippen molar-refractivity contribution in [2.24, 2.45) is 5.92 Å². The minimum Gasteiger partial charge on any atom is -0.390 e. The molecule has 1 atom stereocenters. The molecule has 0 saturated heterocycles. The van der Waals surface area contributed by atoms with Crippen molar-refractivity contribution in [1.29, 1.82) is 0 Å². The Kier molecular flexibility index (Phi) is 4.03. The van der Waals surface area contributed by atoms with Gasteiger partial charge >= 0.3 is 0 Å². The van der Waals surface area contributed by atoms with Crippen LogP contribution >= 0.6 is 11.6 Å². The maximum atomic E-state index is 10.2. The van der Waals surface area contributed by atoms with Crippen LogP contribution in [0, 0.1) is 12.8 Å². The van der Waals surface area contributed by atoms with Crippen LogP contribution in [0.1, 0.15) is 44.7 Å². The lowest BCUT2D eigenvalue weighted by Gasteiger charge is -2.33. The van der Waals surface area contributed by atoms with Crippen molar-refractivity contribution in [3.05, 3.63) is 34.3 Å². The number of hydrogen-bond acceptors (Lipinski definition) is 1. The van der Waals surface area contributed by atoms with Crippen molar-refractivity contribution < 1.29 is 5.11 Å². The summed E-state index contributed by atoms with van der Waals surface area (Å²) < 4.78 is 0. The number of aryl methyl sites for hydroxylation is 1. The predicted molar refractivity (Wildman–Crippen MR) is 70.1 cm³/mol. The van der Waals surface area contributed by atoms with Crippen molar-refractivity contribution in [3.8, 4) is 0 Å². The Labute approximate surface area is 103 Å². The lowest BCUT2D eigenvalue weighted by Crippen LogP contribution is -2.32. The van der Waals surface area contributed by atoms with E-state index in [1.165, 1.54) is 0 Å². The molecule has 0 aliphatic rings. The minimum absolute atomic E-state index is 0.102. The van der Waals surface area contributed by atoms with Gasteiger partial charge in [-0.3, -0.25) is 0 Å². The maximum absolute atomic E-state index is 10.2. The third-order valence-corrected chi connectivity index (χ3v) is 3.39. The smallest absolute Gasteiger partial charge is 0.0662 e. The van der Waals surface area contributed by atoms with Gasteiger partial charge in [-0.2, -0.15) is 0 Å². The van der Waals surface area contributed by atoms with Gasteiger partial charge < -0.3 is 5.11 Å². The summed E-state index contributed by atoms with van der Waals surface area (Å²) in [5, 5.41) is 11.0. The van der Waals surface area contributed by atoms with Gasteiger partial charge in [0.2, 0.25) is 0 Å². The summed E-state index contributed by atoms with van der Waals surface area (Å²) in [7, 11) is 0. The van der Waals surface area contributed by atoms with E-state index < -0.39 is 5.60 Å².